The molecule has 1 aromatic heterocycles. The first kappa shape index (κ1) is 17.7. The Balaban J connectivity index is 1.63. The van der Waals surface area contributed by atoms with E-state index in [-0.39, 0.29) is 12.5 Å². The Kier molecular flexibility index (Phi) is 5.31. The van der Waals surface area contributed by atoms with E-state index in [2.05, 4.69) is 29.3 Å². The topological polar surface area (TPSA) is 77.2 Å². The summed E-state index contributed by atoms with van der Waals surface area (Å²) in [4.78, 5) is 16.4. The van der Waals surface area contributed by atoms with Crippen LogP contribution in [0.3, 0.4) is 0 Å². The van der Waals surface area contributed by atoms with Crippen molar-refractivity contribution in [3.8, 4) is 17.2 Å². The number of aromatic nitrogens is 2. The van der Waals surface area contributed by atoms with Gasteiger partial charge in [-0.3, -0.25) is 4.79 Å². The molecule has 3 aromatic rings. The van der Waals surface area contributed by atoms with Crippen molar-refractivity contribution in [2.75, 3.05) is 11.9 Å². The van der Waals surface area contributed by atoms with E-state index in [0.717, 1.165) is 16.8 Å². The lowest BCUT2D eigenvalue weighted by atomic mass is 10.0. The van der Waals surface area contributed by atoms with E-state index >= 15 is 0 Å². The molecule has 0 fully saturated rings. The van der Waals surface area contributed by atoms with Gasteiger partial charge in [0.1, 0.15) is 5.75 Å². The maximum atomic E-state index is 12.2. The lowest BCUT2D eigenvalue weighted by Gasteiger charge is -2.14. The Morgan fingerprint density at radius 2 is 2.00 bits per heavy atom. The normalized spacial score (nSPS) is 10.8. The van der Waals surface area contributed by atoms with E-state index in [9.17, 15) is 4.79 Å². The van der Waals surface area contributed by atoms with Crippen LogP contribution >= 0.6 is 0 Å². The molecular weight excluding hydrogens is 330 g/mol. The van der Waals surface area contributed by atoms with Gasteiger partial charge in [-0.1, -0.05) is 43.3 Å². The summed E-state index contributed by atoms with van der Waals surface area (Å²) in [6.45, 7) is 5.85. The first-order chi connectivity index (χ1) is 12.5. The van der Waals surface area contributed by atoms with Crippen molar-refractivity contribution >= 4 is 11.6 Å². The van der Waals surface area contributed by atoms with Gasteiger partial charge in [0, 0.05) is 11.3 Å². The molecule has 26 heavy (non-hydrogen) atoms. The number of rotatable bonds is 6. The van der Waals surface area contributed by atoms with Crippen LogP contribution in [0.1, 0.15) is 31.2 Å². The highest BCUT2D eigenvalue weighted by Gasteiger charge is 2.11. The molecule has 3 rings (SSSR count). The van der Waals surface area contributed by atoms with Crippen LogP contribution in [0.4, 0.5) is 5.69 Å². The zero-order valence-corrected chi connectivity index (χ0v) is 15.0. The van der Waals surface area contributed by atoms with Crippen LogP contribution in [0, 0.1) is 6.92 Å². The summed E-state index contributed by atoms with van der Waals surface area (Å²) in [7, 11) is 0. The third kappa shape index (κ3) is 4.27. The van der Waals surface area contributed by atoms with Crippen LogP contribution in [-0.2, 0) is 4.79 Å². The zero-order chi connectivity index (χ0) is 18.5. The first-order valence-electron chi connectivity index (χ1n) is 8.45. The quantitative estimate of drug-likeness (QED) is 0.721. The predicted molar refractivity (Wildman–Crippen MR) is 99.1 cm³/mol. The van der Waals surface area contributed by atoms with E-state index in [0.29, 0.717) is 23.4 Å². The molecular formula is C20H21N3O3. The lowest BCUT2D eigenvalue weighted by molar-refractivity contribution is -0.118. The summed E-state index contributed by atoms with van der Waals surface area (Å²) in [5.41, 5.74) is 2.65. The Morgan fingerprint density at radius 1 is 1.19 bits per heavy atom. The molecule has 0 aliphatic carbocycles. The summed E-state index contributed by atoms with van der Waals surface area (Å²) in [5.74, 6) is 1.66. The Morgan fingerprint density at radius 3 is 2.73 bits per heavy atom. The smallest absolute Gasteiger partial charge is 0.262 e. The number of benzene rings is 2. The number of ether oxygens (including phenoxy) is 1. The molecule has 6 heteroatoms. The van der Waals surface area contributed by atoms with Crippen molar-refractivity contribution in [2.24, 2.45) is 0 Å². The molecule has 0 spiro atoms. The van der Waals surface area contributed by atoms with Gasteiger partial charge in [0.25, 0.3) is 11.8 Å². The van der Waals surface area contributed by atoms with Gasteiger partial charge in [0.15, 0.2) is 12.4 Å². The van der Waals surface area contributed by atoms with Crippen LogP contribution in [-0.4, -0.2) is 22.7 Å². The van der Waals surface area contributed by atoms with Gasteiger partial charge < -0.3 is 14.6 Å². The molecule has 134 valence electrons. The number of amides is 1. The molecule has 1 N–H and O–H groups in total. The first-order valence-corrected chi connectivity index (χ1v) is 8.45. The van der Waals surface area contributed by atoms with Gasteiger partial charge >= 0.3 is 0 Å². The predicted octanol–water partition coefficient (Wildman–Crippen LogP) is 4.19. The fourth-order valence-corrected chi connectivity index (χ4v) is 2.58. The fourth-order valence-electron chi connectivity index (χ4n) is 2.58. The van der Waals surface area contributed by atoms with E-state index < -0.39 is 0 Å². The molecule has 0 radical (unpaired) electrons. The zero-order valence-electron chi connectivity index (χ0n) is 15.0. The summed E-state index contributed by atoms with van der Waals surface area (Å²) >= 11 is 0. The largest absolute Gasteiger partial charge is 0.484 e. The van der Waals surface area contributed by atoms with Crippen molar-refractivity contribution < 1.29 is 14.1 Å². The molecule has 0 atom stereocenters. The fraction of sp³-hybridized carbons (Fsp3) is 0.250. The number of carbonyl (C=O) groups is 1. The lowest BCUT2D eigenvalue weighted by Crippen LogP contribution is -2.21. The standard InChI is InChI=1S/C20H21N3O3/c1-13(2)17-9-4-5-10-18(17)22-19(24)12-25-16-8-6-7-15(11-16)20-21-14(3)23-26-20/h4-11,13H,12H2,1-3H3,(H,22,24). The van der Waals surface area contributed by atoms with Gasteiger partial charge in [0.05, 0.1) is 0 Å². The third-order valence-corrected chi connectivity index (χ3v) is 3.84. The number of nitrogens with zero attached hydrogens (tertiary/aromatic N) is 2. The summed E-state index contributed by atoms with van der Waals surface area (Å²) in [6.07, 6.45) is 0. The number of nitrogens with one attached hydrogen (secondary N) is 1. The number of aryl methyl sites for hydroxylation is 1. The monoisotopic (exact) mass is 351 g/mol. The molecule has 0 saturated carbocycles. The number of hydrogen-bond donors (Lipinski definition) is 1. The minimum atomic E-state index is -0.211. The molecule has 1 amide bonds. The van der Waals surface area contributed by atoms with Crippen LogP contribution in [0.2, 0.25) is 0 Å². The molecule has 6 nitrogen and oxygen atoms in total. The SMILES string of the molecule is Cc1noc(-c2cccc(OCC(=O)Nc3ccccc3C(C)C)c2)n1. The molecule has 0 saturated heterocycles. The van der Waals surface area contributed by atoms with E-state index in [1.54, 1.807) is 19.1 Å². The van der Waals surface area contributed by atoms with Crippen molar-refractivity contribution in [2.45, 2.75) is 26.7 Å². The van der Waals surface area contributed by atoms with E-state index in [4.69, 9.17) is 9.26 Å². The minimum absolute atomic E-state index is 0.0846. The molecule has 0 unspecified atom stereocenters. The maximum Gasteiger partial charge on any atom is 0.262 e. The molecule has 2 aromatic carbocycles. The third-order valence-electron chi connectivity index (χ3n) is 3.84. The van der Waals surface area contributed by atoms with Crippen molar-refractivity contribution in [3.05, 3.63) is 59.9 Å². The van der Waals surface area contributed by atoms with Crippen LogP contribution < -0.4 is 10.1 Å². The molecule has 0 bridgehead atoms. The summed E-state index contributed by atoms with van der Waals surface area (Å²) in [6, 6.07) is 15.0. The van der Waals surface area contributed by atoms with Gasteiger partial charge in [0.2, 0.25) is 0 Å². The van der Waals surface area contributed by atoms with Gasteiger partial charge in [-0.15, -0.1) is 0 Å². The van der Waals surface area contributed by atoms with Gasteiger partial charge in [-0.05, 0) is 42.7 Å². The average Bonchev–Trinajstić information content (AvgIpc) is 3.07. The summed E-state index contributed by atoms with van der Waals surface area (Å²) < 4.78 is 10.8. The molecule has 0 aliphatic rings. The van der Waals surface area contributed by atoms with Gasteiger partial charge in [-0.25, -0.2) is 0 Å². The van der Waals surface area contributed by atoms with Crippen molar-refractivity contribution in [1.82, 2.24) is 10.1 Å². The second-order valence-corrected chi connectivity index (χ2v) is 6.25. The van der Waals surface area contributed by atoms with Crippen molar-refractivity contribution in [1.29, 1.82) is 0 Å². The van der Waals surface area contributed by atoms with Crippen molar-refractivity contribution in [3.63, 3.8) is 0 Å². The van der Waals surface area contributed by atoms with E-state index in [1.165, 1.54) is 0 Å². The minimum Gasteiger partial charge on any atom is -0.484 e. The molecule has 0 aliphatic heterocycles. The highest BCUT2D eigenvalue weighted by atomic mass is 16.5. The Labute approximate surface area is 152 Å². The number of hydrogen-bond acceptors (Lipinski definition) is 5. The Bertz CT molecular complexity index is 903. The second-order valence-electron chi connectivity index (χ2n) is 6.25. The number of carbonyl (C=O) groups excluding carboxylic acids is 1. The highest BCUT2D eigenvalue weighted by Crippen LogP contribution is 2.24. The van der Waals surface area contributed by atoms with E-state index in [1.807, 2.05) is 36.4 Å². The van der Waals surface area contributed by atoms with Crippen LogP contribution in [0.5, 0.6) is 5.75 Å². The summed E-state index contributed by atoms with van der Waals surface area (Å²) in [5, 5.41) is 6.68. The number of para-hydroxylation sites is 1. The average molecular weight is 351 g/mol. The Hall–Kier alpha value is -3.15. The van der Waals surface area contributed by atoms with Gasteiger partial charge in [-0.2, -0.15) is 4.98 Å². The maximum absolute atomic E-state index is 12.2. The molecule has 1 heterocycles. The van der Waals surface area contributed by atoms with Crippen LogP contribution in [0.25, 0.3) is 11.5 Å². The van der Waals surface area contributed by atoms with Crippen LogP contribution in [0.15, 0.2) is 53.1 Å². The highest BCUT2D eigenvalue weighted by molar-refractivity contribution is 5.92. The number of anilines is 1. The second kappa shape index (κ2) is 7.82.